The first-order valence-electron chi connectivity index (χ1n) is 5.28. The first-order valence-corrected chi connectivity index (χ1v) is 5.28. The van der Waals surface area contributed by atoms with Crippen LogP contribution in [0.2, 0.25) is 0 Å². The molecule has 1 fully saturated rings. The minimum atomic E-state index is -0.412. The highest BCUT2D eigenvalue weighted by Crippen LogP contribution is 2.37. The lowest BCUT2D eigenvalue weighted by atomic mass is 10.1. The van der Waals surface area contributed by atoms with Gasteiger partial charge in [-0.3, -0.25) is 14.2 Å². The fourth-order valence-electron chi connectivity index (χ4n) is 2.75. The summed E-state index contributed by atoms with van der Waals surface area (Å²) in [5, 5.41) is 2.96. The topological polar surface area (TPSA) is 51.1 Å². The SMILES string of the molecule is O=C1NC2(CCCC2)n2c1cccc2=O. The van der Waals surface area contributed by atoms with E-state index in [1.165, 1.54) is 6.07 Å². The standard InChI is InChI=1S/C11H12N2O2/c14-9-5-3-4-8-10(15)12-11(13(8)9)6-1-2-7-11/h3-5H,1-2,6-7H2,(H,12,15). The van der Waals surface area contributed by atoms with Crippen molar-refractivity contribution in [3.8, 4) is 0 Å². The number of nitrogens with one attached hydrogen (secondary N) is 1. The first kappa shape index (κ1) is 8.71. The maximum atomic E-state index is 11.8. The molecule has 1 aliphatic carbocycles. The quantitative estimate of drug-likeness (QED) is 0.680. The summed E-state index contributed by atoms with van der Waals surface area (Å²) >= 11 is 0. The average molecular weight is 204 g/mol. The first-order chi connectivity index (χ1) is 7.23. The Hall–Kier alpha value is -1.58. The van der Waals surface area contributed by atoms with Crippen LogP contribution in [0.5, 0.6) is 0 Å². The van der Waals surface area contributed by atoms with Crippen LogP contribution >= 0.6 is 0 Å². The van der Waals surface area contributed by atoms with Crippen molar-refractivity contribution in [2.45, 2.75) is 31.3 Å². The Morgan fingerprint density at radius 2 is 1.93 bits per heavy atom. The van der Waals surface area contributed by atoms with Gasteiger partial charge >= 0.3 is 0 Å². The fraction of sp³-hybridized carbons (Fsp3) is 0.455. The largest absolute Gasteiger partial charge is 0.327 e. The minimum Gasteiger partial charge on any atom is -0.327 e. The molecule has 1 aromatic rings. The van der Waals surface area contributed by atoms with E-state index in [2.05, 4.69) is 5.32 Å². The third kappa shape index (κ3) is 1.02. The summed E-state index contributed by atoms with van der Waals surface area (Å²) in [6.07, 6.45) is 3.88. The summed E-state index contributed by atoms with van der Waals surface area (Å²) in [4.78, 5) is 23.5. The van der Waals surface area contributed by atoms with Crippen molar-refractivity contribution in [1.29, 1.82) is 0 Å². The predicted molar refractivity (Wildman–Crippen MR) is 54.6 cm³/mol. The van der Waals surface area contributed by atoms with E-state index in [9.17, 15) is 9.59 Å². The van der Waals surface area contributed by atoms with E-state index in [1.54, 1.807) is 16.7 Å². The molecule has 1 spiro atoms. The normalized spacial score (nSPS) is 21.7. The summed E-state index contributed by atoms with van der Waals surface area (Å²) in [5.41, 5.74) is 0.0160. The number of fused-ring (bicyclic) bond motifs is 2. The molecule has 78 valence electrons. The molecule has 0 aromatic carbocycles. The van der Waals surface area contributed by atoms with Crippen molar-refractivity contribution in [2.24, 2.45) is 0 Å². The number of nitrogens with zero attached hydrogens (tertiary/aromatic N) is 1. The summed E-state index contributed by atoms with van der Waals surface area (Å²) < 4.78 is 1.64. The average Bonchev–Trinajstić information content (AvgIpc) is 2.76. The number of carbonyl (C=O) groups excluding carboxylic acids is 1. The molecule has 1 aliphatic heterocycles. The summed E-state index contributed by atoms with van der Waals surface area (Å²) in [7, 11) is 0. The van der Waals surface area contributed by atoms with Crippen molar-refractivity contribution >= 4 is 5.91 Å². The predicted octanol–water partition coefficient (Wildman–Crippen LogP) is 0.819. The van der Waals surface area contributed by atoms with E-state index < -0.39 is 5.66 Å². The second kappa shape index (κ2) is 2.72. The molecule has 2 heterocycles. The lowest BCUT2D eigenvalue weighted by molar-refractivity contribution is 0.0920. The van der Waals surface area contributed by atoms with Gasteiger partial charge in [0.05, 0.1) is 0 Å². The monoisotopic (exact) mass is 204 g/mol. The smallest absolute Gasteiger partial charge is 0.269 e. The molecule has 1 saturated carbocycles. The van der Waals surface area contributed by atoms with Gasteiger partial charge in [0.2, 0.25) is 0 Å². The highest BCUT2D eigenvalue weighted by atomic mass is 16.2. The van der Waals surface area contributed by atoms with Crippen LogP contribution in [0.25, 0.3) is 0 Å². The van der Waals surface area contributed by atoms with E-state index in [0.29, 0.717) is 5.69 Å². The zero-order valence-electron chi connectivity index (χ0n) is 8.32. The molecule has 4 heteroatoms. The Labute approximate surface area is 86.9 Å². The molecule has 15 heavy (non-hydrogen) atoms. The fourth-order valence-corrected chi connectivity index (χ4v) is 2.75. The van der Waals surface area contributed by atoms with Crippen LogP contribution in [0.15, 0.2) is 23.0 Å². The number of hydrogen-bond acceptors (Lipinski definition) is 2. The van der Waals surface area contributed by atoms with Crippen LogP contribution < -0.4 is 10.9 Å². The van der Waals surface area contributed by atoms with Crippen LogP contribution in [0, 0.1) is 0 Å². The number of amides is 1. The third-order valence-corrected chi connectivity index (χ3v) is 3.39. The molecule has 0 radical (unpaired) electrons. The molecule has 0 saturated heterocycles. The van der Waals surface area contributed by atoms with Crippen LogP contribution in [-0.4, -0.2) is 10.5 Å². The zero-order valence-corrected chi connectivity index (χ0v) is 8.32. The molecular weight excluding hydrogens is 192 g/mol. The Morgan fingerprint density at radius 3 is 2.67 bits per heavy atom. The van der Waals surface area contributed by atoms with Crippen LogP contribution in [0.3, 0.4) is 0 Å². The molecule has 0 unspecified atom stereocenters. The van der Waals surface area contributed by atoms with Crippen LogP contribution in [0.1, 0.15) is 36.2 Å². The Morgan fingerprint density at radius 1 is 1.20 bits per heavy atom. The summed E-state index contributed by atoms with van der Waals surface area (Å²) in [6.45, 7) is 0. The molecule has 0 bridgehead atoms. The molecule has 1 N–H and O–H groups in total. The molecule has 1 amide bonds. The van der Waals surface area contributed by atoms with Crippen LogP contribution in [-0.2, 0) is 5.66 Å². The Balaban J connectivity index is 2.28. The van der Waals surface area contributed by atoms with Crippen molar-refractivity contribution in [1.82, 2.24) is 9.88 Å². The zero-order chi connectivity index (χ0) is 10.5. The van der Waals surface area contributed by atoms with Gasteiger partial charge in [-0.2, -0.15) is 0 Å². The lowest BCUT2D eigenvalue weighted by Gasteiger charge is -2.25. The summed E-state index contributed by atoms with van der Waals surface area (Å²) in [5.74, 6) is -0.116. The van der Waals surface area contributed by atoms with E-state index in [-0.39, 0.29) is 11.5 Å². The number of carbonyl (C=O) groups is 1. The molecule has 4 nitrogen and oxygen atoms in total. The highest BCUT2D eigenvalue weighted by Gasteiger charge is 2.44. The van der Waals surface area contributed by atoms with Gasteiger partial charge in [0.1, 0.15) is 11.4 Å². The number of hydrogen-bond donors (Lipinski definition) is 1. The van der Waals surface area contributed by atoms with E-state index in [4.69, 9.17) is 0 Å². The van der Waals surface area contributed by atoms with Crippen LogP contribution in [0.4, 0.5) is 0 Å². The molecular formula is C11H12N2O2. The van der Waals surface area contributed by atoms with E-state index >= 15 is 0 Å². The number of pyridine rings is 1. The maximum Gasteiger partial charge on any atom is 0.269 e. The van der Waals surface area contributed by atoms with Crippen molar-refractivity contribution in [3.63, 3.8) is 0 Å². The highest BCUT2D eigenvalue weighted by molar-refractivity contribution is 5.95. The second-order valence-electron chi connectivity index (χ2n) is 4.28. The van der Waals surface area contributed by atoms with Gasteiger partial charge in [0, 0.05) is 6.07 Å². The molecule has 0 atom stereocenters. The second-order valence-corrected chi connectivity index (χ2v) is 4.28. The van der Waals surface area contributed by atoms with Gasteiger partial charge in [-0.05, 0) is 31.7 Å². The molecule has 1 aromatic heterocycles. The maximum absolute atomic E-state index is 11.8. The summed E-state index contributed by atoms with van der Waals surface area (Å²) in [6, 6.07) is 4.87. The van der Waals surface area contributed by atoms with Crippen molar-refractivity contribution < 1.29 is 4.79 Å². The van der Waals surface area contributed by atoms with Gasteiger partial charge < -0.3 is 5.32 Å². The number of rotatable bonds is 0. The van der Waals surface area contributed by atoms with E-state index in [0.717, 1.165) is 25.7 Å². The number of aromatic nitrogens is 1. The molecule has 2 aliphatic rings. The van der Waals surface area contributed by atoms with Gasteiger partial charge in [-0.15, -0.1) is 0 Å². The third-order valence-electron chi connectivity index (χ3n) is 3.39. The Kier molecular flexibility index (Phi) is 1.58. The van der Waals surface area contributed by atoms with Gasteiger partial charge in [-0.25, -0.2) is 0 Å². The van der Waals surface area contributed by atoms with Gasteiger partial charge in [-0.1, -0.05) is 6.07 Å². The van der Waals surface area contributed by atoms with Gasteiger partial charge in [0.25, 0.3) is 11.5 Å². The van der Waals surface area contributed by atoms with Gasteiger partial charge in [0.15, 0.2) is 0 Å². The van der Waals surface area contributed by atoms with Crippen molar-refractivity contribution in [2.75, 3.05) is 0 Å². The van der Waals surface area contributed by atoms with Crippen molar-refractivity contribution in [3.05, 3.63) is 34.2 Å². The van der Waals surface area contributed by atoms with E-state index in [1.807, 2.05) is 0 Å². The lowest BCUT2D eigenvalue weighted by Crippen LogP contribution is -2.44. The Bertz CT molecular complexity index is 484. The minimum absolute atomic E-state index is 0.0762. The molecule has 3 rings (SSSR count).